The van der Waals surface area contributed by atoms with Gasteiger partial charge in [-0.2, -0.15) is 4.31 Å². The number of aliphatic hydroxyl groups is 2. The van der Waals surface area contributed by atoms with Crippen molar-refractivity contribution in [3.05, 3.63) is 33.1 Å². The highest BCUT2D eigenvalue weighted by Gasteiger charge is 2.46. The summed E-state index contributed by atoms with van der Waals surface area (Å²) in [5.41, 5.74) is 3.73. The first-order valence-corrected chi connectivity index (χ1v) is 12.6. The average Bonchev–Trinajstić information content (AvgIpc) is 2.97. The zero-order valence-electron chi connectivity index (χ0n) is 16.9. The van der Waals surface area contributed by atoms with Gasteiger partial charge in [0.2, 0.25) is 0 Å². The van der Waals surface area contributed by atoms with Crippen molar-refractivity contribution in [2.45, 2.75) is 50.2 Å². The molecule has 0 aromatic carbocycles. The van der Waals surface area contributed by atoms with Crippen molar-refractivity contribution in [3.8, 4) is 0 Å². The van der Waals surface area contributed by atoms with Crippen LogP contribution in [0.4, 0.5) is 0 Å². The van der Waals surface area contributed by atoms with Crippen molar-refractivity contribution in [2.24, 2.45) is 5.73 Å². The maximum Gasteiger partial charge on any atom is 0.481 e. The summed E-state index contributed by atoms with van der Waals surface area (Å²) in [5.74, 6) is 0. The molecule has 0 amide bonds. The van der Waals surface area contributed by atoms with Crippen molar-refractivity contribution in [1.82, 2.24) is 9.55 Å². The number of ether oxygens (including phenoxy) is 1. The second kappa shape index (κ2) is 11.8. The lowest BCUT2D eigenvalue weighted by molar-refractivity contribution is -0.0543. The number of phosphoric ester groups is 2. The summed E-state index contributed by atoms with van der Waals surface area (Å²) in [6, 6.07) is 0.987. The smallest absolute Gasteiger partial charge is 0.387 e. The normalized spacial score (nSPS) is 27.2. The van der Waals surface area contributed by atoms with Gasteiger partial charge in [-0.3, -0.25) is 23.4 Å². The lowest BCUT2D eigenvalue weighted by atomic mass is 10.1. The highest BCUT2D eigenvalue weighted by Crippen LogP contribution is 2.60. The molecule has 2 unspecified atom stereocenters. The van der Waals surface area contributed by atoms with Crippen LogP contribution in [0.5, 0.6) is 0 Å². The lowest BCUT2D eigenvalue weighted by Gasteiger charge is -2.19. The predicted molar refractivity (Wildman–Crippen MR) is 107 cm³/mol. The maximum absolute atomic E-state index is 12.0. The number of phosphoric acid groups is 2. The van der Waals surface area contributed by atoms with Crippen LogP contribution in [0.3, 0.4) is 0 Å². The van der Waals surface area contributed by atoms with Crippen molar-refractivity contribution < 1.29 is 47.2 Å². The number of H-pyrrole nitrogens is 1. The Hall–Kier alpha value is -1.22. The molecule has 2 rings (SSSR count). The topological polar surface area (TPSA) is 233 Å². The molecule has 184 valence electrons. The van der Waals surface area contributed by atoms with Crippen LogP contribution in [0, 0.1) is 0 Å². The van der Waals surface area contributed by atoms with Crippen LogP contribution in [0.2, 0.25) is 0 Å². The van der Waals surface area contributed by atoms with Crippen molar-refractivity contribution in [1.29, 1.82) is 0 Å². The van der Waals surface area contributed by atoms with Gasteiger partial charge in [0.05, 0.1) is 13.2 Å². The number of nitrogens with two attached hydrogens (primary N) is 1. The van der Waals surface area contributed by atoms with Crippen LogP contribution in [0.25, 0.3) is 0 Å². The third-order valence-corrected chi connectivity index (χ3v) is 7.06. The minimum Gasteiger partial charge on any atom is -0.387 e. The molecule has 1 aromatic heterocycles. The van der Waals surface area contributed by atoms with Gasteiger partial charge in [-0.1, -0.05) is 12.8 Å². The van der Waals surface area contributed by atoms with Crippen LogP contribution >= 0.6 is 15.6 Å². The molecule has 2 heterocycles. The second-order valence-corrected chi connectivity index (χ2v) is 9.96. The minimum absolute atomic E-state index is 0.204. The van der Waals surface area contributed by atoms with Crippen LogP contribution < -0.4 is 17.0 Å². The van der Waals surface area contributed by atoms with Gasteiger partial charge in [-0.25, -0.2) is 13.9 Å². The first kappa shape index (κ1) is 27.0. The first-order valence-electron chi connectivity index (χ1n) is 9.65. The van der Waals surface area contributed by atoms with Gasteiger partial charge in [0.15, 0.2) is 6.23 Å². The van der Waals surface area contributed by atoms with Gasteiger partial charge in [0.1, 0.15) is 18.3 Å². The SMILES string of the molecule is NCCCCCCOP(=O)(O)OP(=O)(O)OC[C@@H]1O[C@H](n2ccc(=O)[nH]c2=O)[C@H](O)[C@@H]1O. The third-order valence-electron chi connectivity index (χ3n) is 4.42. The van der Waals surface area contributed by atoms with Gasteiger partial charge in [0, 0.05) is 12.3 Å². The molecule has 15 nitrogen and oxygen atoms in total. The number of nitrogens with one attached hydrogen (secondary N) is 1. The summed E-state index contributed by atoms with van der Waals surface area (Å²) < 4.78 is 43.3. The van der Waals surface area contributed by atoms with E-state index >= 15 is 0 Å². The fraction of sp³-hybridized carbons (Fsp3) is 0.733. The Morgan fingerprint density at radius 2 is 1.72 bits per heavy atom. The molecule has 0 saturated carbocycles. The zero-order valence-corrected chi connectivity index (χ0v) is 18.7. The molecule has 1 aromatic rings. The van der Waals surface area contributed by atoms with Crippen LogP contribution in [0.1, 0.15) is 31.9 Å². The molecule has 0 spiro atoms. The quantitative estimate of drug-likeness (QED) is 0.139. The standard InChI is InChI=1S/C15H27N3O12P2/c16-6-3-1-2-4-8-27-31(23,24)30-32(25,26)28-9-10-12(20)13(21)14(29-10)18-7-5-11(19)17-15(18)22/h5,7,10,12-14,20-21H,1-4,6,8-9,16H2,(H,23,24)(H,25,26)(H,17,19,22)/t10-,12+,13+,14-/m0/s1. The van der Waals surface area contributed by atoms with Crippen LogP contribution in [0.15, 0.2) is 21.9 Å². The molecular weight excluding hydrogens is 476 g/mol. The molecule has 6 atom stereocenters. The number of hydrogen-bond acceptors (Lipinski definition) is 11. The van der Waals surface area contributed by atoms with E-state index in [0.29, 0.717) is 19.4 Å². The van der Waals surface area contributed by atoms with Crippen molar-refractivity contribution in [2.75, 3.05) is 19.8 Å². The molecule has 1 aliphatic rings. The summed E-state index contributed by atoms with van der Waals surface area (Å²) >= 11 is 0. The van der Waals surface area contributed by atoms with Gasteiger partial charge in [-0.15, -0.1) is 0 Å². The van der Waals surface area contributed by atoms with Crippen molar-refractivity contribution in [3.63, 3.8) is 0 Å². The van der Waals surface area contributed by atoms with Crippen LogP contribution in [-0.4, -0.2) is 67.6 Å². The largest absolute Gasteiger partial charge is 0.481 e. The first-order chi connectivity index (χ1) is 15.0. The number of rotatable bonds is 13. The molecule has 0 bridgehead atoms. The number of aromatic nitrogens is 2. The predicted octanol–water partition coefficient (Wildman–Crippen LogP) is -1.07. The lowest BCUT2D eigenvalue weighted by Crippen LogP contribution is -2.37. The van der Waals surface area contributed by atoms with Crippen molar-refractivity contribution >= 4 is 15.6 Å². The zero-order chi connectivity index (χ0) is 23.9. The molecule has 1 aliphatic heterocycles. The highest BCUT2D eigenvalue weighted by molar-refractivity contribution is 7.61. The summed E-state index contributed by atoms with van der Waals surface area (Å²) in [7, 11) is -10.1. The van der Waals surface area contributed by atoms with E-state index in [1.54, 1.807) is 0 Å². The summed E-state index contributed by atoms with van der Waals surface area (Å²) in [6.45, 7) is -0.531. The summed E-state index contributed by atoms with van der Waals surface area (Å²) in [4.78, 5) is 44.2. The Labute approximate surface area is 181 Å². The van der Waals surface area contributed by atoms with Gasteiger partial charge in [0.25, 0.3) is 5.56 Å². The van der Waals surface area contributed by atoms with E-state index < -0.39 is 58.0 Å². The average molecular weight is 503 g/mol. The number of nitrogens with zero attached hydrogens (tertiary/aromatic N) is 1. The van der Waals surface area contributed by atoms with E-state index in [4.69, 9.17) is 10.5 Å². The second-order valence-electron chi connectivity index (χ2n) is 6.91. The molecular formula is C15H27N3O12P2. The Kier molecular flexibility index (Phi) is 9.94. The number of aromatic amines is 1. The number of unbranched alkanes of at least 4 members (excludes halogenated alkanes) is 3. The maximum atomic E-state index is 12.0. The molecule has 0 aliphatic carbocycles. The van der Waals surface area contributed by atoms with E-state index in [9.17, 15) is 38.7 Å². The summed E-state index contributed by atoms with van der Waals surface area (Å²) in [5, 5.41) is 20.2. The molecule has 1 saturated heterocycles. The van der Waals surface area contributed by atoms with E-state index in [0.717, 1.165) is 29.7 Å². The van der Waals surface area contributed by atoms with Crippen LogP contribution in [-0.2, 0) is 27.2 Å². The fourth-order valence-corrected chi connectivity index (χ4v) is 4.96. The highest BCUT2D eigenvalue weighted by atomic mass is 31.3. The van der Waals surface area contributed by atoms with Gasteiger partial charge in [-0.05, 0) is 19.4 Å². The Morgan fingerprint density at radius 1 is 1.06 bits per heavy atom. The Balaban J connectivity index is 1.88. The number of hydrogen-bond donors (Lipinski definition) is 6. The summed E-state index contributed by atoms with van der Waals surface area (Å²) in [6.07, 6.45) is -2.50. The van der Waals surface area contributed by atoms with E-state index in [1.165, 1.54) is 0 Å². The molecule has 0 radical (unpaired) electrons. The van der Waals surface area contributed by atoms with E-state index in [2.05, 4.69) is 13.4 Å². The van der Waals surface area contributed by atoms with Gasteiger partial charge >= 0.3 is 21.3 Å². The monoisotopic (exact) mass is 503 g/mol. The number of aliphatic hydroxyl groups excluding tert-OH is 2. The molecule has 1 fully saturated rings. The minimum atomic E-state index is -5.13. The fourth-order valence-electron chi connectivity index (χ4n) is 2.85. The molecule has 7 N–H and O–H groups in total. The van der Waals surface area contributed by atoms with Gasteiger partial charge < -0.3 is 30.5 Å². The molecule has 32 heavy (non-hydrogen) atoms. The molecule has 17 heteroatoms. The van der Waals surface area contributed by atoms with E-state index in [-0.39, 0.29) is 6.61 Å². The third kappa shape index (κ3) is 7.97. The van der Waals surface area contributed by atoms with E-state index in [1.807, 2.05) is 4.98 Å². The Bertz CT molecular complexity index is 952. The Morgan fingerprint density at radius 3 is 2.38 bits per heavy atom.